The fourth-order valence-electron chi connectivity index (χ4n) is 5.26. The zero-order chi connectivity index (χ0) is 10.0. The molecule has 5 aliphatic rings. The Morgan fingerprint density at radius 1 is 1.13 bits per heavy atom. The highest BCUT2D eigenvalue weighted by Crippen LogP contribution is 2.61. The van der Waals surface area contributed by atoms with Crippen molar-refractivity contribution in [2.24, 2.45) is 23.2 Å². The SMILES string of the molecule is O=C1CC23C[C@@H]4CC(C[C@@H](C4)C2)C3NN1. The molecule has 3 heteroatoms. The van der Waals surface area contributed by atoms with Gasteiger partial charge in [-0.25, -0.2) is 5.43 Å². The van der Waals surface area contributed by atoms with Crippen LogP contribution in [0.4, 0.5) is 0 Å². The van der Waals surface area contributed by atoms with Crippen LogP contribution < -0.4 is 10.9 Å². The molecule has 1 amide bonds. The molecule has 4 bridgehead atoms. The van der Waals surface area contributed by atoms with E-state index in [0.29, 0.717) is 11.5 Å². The van der Waals surface area contributed by atoms with Gasteiger partial charge < -0.3 is 0 Å². The predicted molar refractivity (Wildman–Crippen MR) is 55.7 cm³/mol. The fraction of sp³-hybridized carbons (Fsp3) is 0.917. The Hall–Kier alpha value is -0.570. The largest absolute Gasteiger partial charge is 0.291 e. The lowest BCUT2D eigenvalue weighted by Gasteiger charge is -2.62. The zero-order valence-electron chi connectivity index (χ0n) is 8.96. The third-order valence-electron chi connectivity index (χ3n) is 5.34. The molecule has 1 spiro atoms. The van der Waals surface area contributed by atoms with E-state index in [1.54, 1.807) is 0 Å². The van der Waals surface area contributed by atoms with E-state index >= 15 is 0 Å². The van der Waals surface area contributed by atoms with Crippen LogP contribution in [-0.2, 0) is 4.79 Å². The molecule has 2 N–H and O–H groups in total. The van der Waals surface area contributed by atoms with Crippen molar-refractivity contribution in [1.82, 2.24) is 10.9 Å². The first-order valence-electron chi connectivity index (χ1n) is 6.30. The van der Waals surface area contributed by atoms with Gasteiger partial charge in [-0.2, -0.15) is 0 Å². The lowest BCUT2D eigenvalue weighted by molar-refractivity contribution is -0.147. The van der Waals surface area contributed by atoms with E-state index in [-0.39, 0.29) is 5.91 Å². The molecule has 1 aliphatic heterocycles. The van der Waals surface area contributed by atoms with E-state index in [2.05, 4.69) is 10.9 Å². The highest BCUT2D eigenvalue weighted by atomic mass is 16.2. The van der Waals surface area contributed by atoms with Crippen molar-refractivity contribution in [3.05, 3.63) is 0 Å². The van der Waals surface area contributed by atoms with Gasteiger partial charge in [-0.3, -0.25) is 10.2 Å². The van der Waals surface area contributed by atoms with Crippen molar-refractivity contribution in [3.63, 3.8) is 0 Å². The van der Waals surface area contributed by atoms with Crippen molar-refractivity contribution in [2.75, 3.05) is 0 Å². The third kappa shape index (κ3) is 1.02. The maximum atomic E-state index is 11.6. The first kappa shape index (κ1) is 8.57. The summed E-state index contributed by atoms with van der Waals surface area (Å²) >= 11 is 0. The monoisotopic (exact) mass is 206 g/mol. The number of amides is 1. The standard InChI is InChI=1S/C12H18N2O/c15-10-6-12-4-7-1-8(5-12)3-9(2-7)11(12)14-13-10/h7-9,11,14H,1-6H2,(H,13,15)/t7-,8+,9?,11?,12?. The van der Waals surface area contributed by atoms with Gasteiger partial charge in [-0.15, -0.1) is 0 Å². The first-order chi connectivity index (χ1) is 7.25. The Labute approximate surface area is 90.0 Å². The molecule has 15 heavy (non-hydrogen) atoms. The van der Waals surface area contributed by atoms with Gasteiger partial charge >= 0.3 is 0 Å². The molecule has 5 atom stereocenters. The van der Waals surface area contributed by atoms with Gasteiger partial charge in [0.1, 0.15) is 0 Å². The summed E-state index contributed by atoms with van der Waals surface area (Å²) in [5.41, 5.74) is 6.49. The summed E-state index contributed by atoms with van der Waals surface area (Å²) in [7, 11) is 0. The first-order valence-corrected chi connectivity index (χ1v) is 6.30. The van der Waals surface area contributed by atoms with Crippen LogP contribution in [0.2, 0.25) is 0 Å². The van der Waals surface area contributed by atoms with Crippen molar-refractivity contribution in [2.45, 2.75) is 44.6 Å². The van der Waals surface area contributed by atoms with Crippen LogP contribution in [0.1, 0.15) is 38.5 Å². The van der Waals surface area contributed by atoms with Crippen molar-refractivity contribution >= 4 is 5.91 Å². The summed E-state index contributed by atoms with van der Waals surface area (Å²) < 4.78 is 0. The summed E-state index contributed by atoms with van der Waals surface area (Å²) in [6, 6.07) is 0.586. The minimum atomic E-state index is 0.216. The van der Waals surface area contributed by atoms with E-state index in [4.69, 9.17) is 0 Å². The van der Waals surface area contributed by atoms with E-state index < -0.39 is 0 Å². The predicted octanol–water partition coefficient (Wildman–Crippen LogP) is 1.21. The third-order valence-corrected chi connectivity index (χ3v) is 5.34. The van der Waals surface area contributed by atoms with Crippen molar-refractivity contribution < 1.29 is 4.79 Å². The molecule has 5 rings (SSSR count). The minimum Gasteiger partial charge on any atom is -0.291 e. The number of carbonyl (C=O) groups is 1. The van der Waals surface area contributed by atoms with Crippen LogP contribution in [0.5, 0.6) is 0 Å². The summed E-state index contributed by atoms with van der Waals surface area (Å²) in [5, 5.41) is 0. The van der Waals surface area contributed by atoms with Crippen molar-refractivity contribution in [1.29, 1.82) is 0 Å². The summed E-state index contributed by atoms with van der Waals surface area (Å²) in [4.78, 5) is 11.6. The second-order valence-corrected chi connectivity index (χ2v) is 6.32. The van der Waals surface area contributed by atoms with Gasteiger partial charge in [0.2, 0.25) is 5.91 Å². The van der Waals surface area contributed by atoms with Gasteiger partial charge in [-0.1, -0.05) is 0 Å². The van der Waals surface area contributed by atoms with Gasteiger partial charge in [-0.05, 0) is 55.3 Å². The Morgan fingerprint density at radius 2 is 1.87 bits per heavy atom. The Balaban J connectivity index is 1.75. The average molecular weight is 206 g/mol. The van der Waals surface area contributed by atoms with Crippen LogP contribution in [0.3, 0.4) is 0 Å². The van der Waals surface area contributed by atoms with Crippen LogP contribution in [0.15, 0.2) is 0 Å². The van der Waals surface area contributed by atoms with E-state index in [1.165, 1.54) is 32.1 Å². The highest BCUT2D eigenvalue weighted by Gasteiger charge is 2.58. The molecule has 1 heterocycles. The molecule has 3 unspecified atom stereocenters. The highest BCUT2D eigenvalue weighted by molar-refractivity contribution is 5.77. The summed E-state index contributed by atoms with van der Waals surface area (Å²) in [6.07, 6.45) is 7.68. The number of hydrogen-bond donors (Lipinski definition) is 2. The van der Waals surface area contributed by atoms with Gasteiger partial charge in [0.05, 0.1) is 0 Å². The number of carbonyl (C=O) groups excluding carboxylic acids is 1. The molecular formula is C12H18N2O. The molecule has 0 aromatic heterocycles. The van der Waals surface area contributed by atoms with Crippen LogP contribution in [-0.4, -0.2) is 11.9 Å². The maximum Gasteiger partial charge on any atom is 0.234 e. The number of hydrogen-bond acceptors (Lipinski definition) is 2. The number of hydrazine groups is 1. The molecule has 82 valence electrons. The summed E-state index contributed by atoms with van der Waals surface area (Å²) in [5.74, 6) is 2.93. The normalized spacial score (nSPS) is 56.4. The quantitative estimate of drug-likeness (QED) is 0.625. The van der Waals surface area contributed by atoms with Gasteiger partial charge in [0, 0.05) is 12.5 Å². The molecule has 5 fully saturated rings. The molecular weight excluding hydrogens is 188 g/mol. The van der Waals surface area contributed by atoms with E-state index in [9.17, 15) is 4.79 Å². The maximum absolute atomic E-state index is 11.6. The van der Waals surface area contributed by atoms with Crippen LogP contribution in [0, 0.1) is 23.2 Å². The molecule has 0 radical (unpaired) electrons. The molecule has 3 nitrogen and oxygen atoms in total. The summed E-state index contributed by atoms with van der Waals surface area (Å²) in [6.45, 7) is 0. The smallest absolute Gasteiger partial charge is 0.234 e. The molecule has 0 aromatic carbocycles. The molecule has 1 saturated heterocycles. The lowest BCUT2D eigenvalue weighted by Crippen LogP contribution is -2.68. The second-order valence-electron chi connectivity index (χ2n) is 6.32. The topological polar surface area (TPSA) is 41.1 Å². The van der Waals surface area contributed by atoms with Crippen LogP contribution in [0.25, 0.3) is 0 Å². The van der Waals surface area contributed by atoms with E-state index in [1.807, 2.05) is 0 Å². The van der Waals surface area contributed by atoms with Gasteiger partial charge in [0.25, 0.3) is 0 Å². The average Bonchev–Trinajstić information content (AvgIpc) is 2.14. The number of rotatable bonds is 0. The fourth-order valence-corrected chi connectivity index (χ4v) is 5.26. The minimum absolute atomic E-state index is 0.216. The second kappa shape index (κ2) is 2.57. The molecule has 4 saturated carbocycles. The molecule has 0 aromatic rings. The Morgan fingerprint density at radius 3 is 2.60 bits per heavy atom. The van der Waals surface area contributed by atoms with Gasteiger partial charge in [0.15, 0.2) is 0 Å². The Bertz CT molecular complexity index is 314. The Kier molecular flexibility index (Phi) is 1.47. The lowest BCUT2D eigenvalue weighted by atomic mass is 9.46. The van der Waals surface area contributed by atoms with Crippen LogP contribution >= 0.6 is 0 Å². The number of nitrogens with one attached hydrogen (secondary N) is 2. The molecule has 4 aliphatic carbocycles. The zero-order valence-corrected chi connectivity index (χ0v) is 8.96. The van der Waals surface area contributed by atoms with E-state index in [0.717, 1.165) is 24.2 Å². The van der Waals surface area contributed by atoms with Crippen molar-refractivity contribution in [3.8, 4) is 0 Å².